The zero-order chi connectivity index (χ0) is 28.2. The molecular weight excluding hydrogens is 552 g/mol. The molecule has 0 unspecified atom stereocenters. The van der Waals surface area contributed by atoms with Crippen molar-refractivity contribution >= 4 is 11.9 Å². The lowest BCUT2D eigenvalue weighted by molar-refractivity contribution is -0.141. The summed E-state index contributed by atoms with van der Waals surface area (Å²) in [5, 5.41) is 8.62. The molecule has 0 heterocycles. The summed E-state index contributed by atoms with van der Waals surface area (Å²) in [4.78, 5) is 23.5. The number of aliphatic hydroxyl groups excluding tert-OH is 1. The van der Waals surface area contributed by atoms with Crippen molar-refractivity contribution in [1.82, 2.24) is 0 Å². The molecule has 0 aromatic carbocycles. The molecule has 6 heteroatoms. The van der Waals surface area contributed by atoms with Gasteiger partial charge in [-0.2, -0.15) is 0 Å². The average Bonchev–Trinajstić information content (AvgIpc) is 2.86. The SMILES string of the molecule is C.C.C.C.C.C.C.C=C(C(=O)OCCO)C1CCC(C(C)(C)C)CC1.C=C(C(=O)OCCOC)C1CCC(C(C)(C)C)CC1. The van der Waals surface area contributed by atoms with E-state index in [0.717, 1.165) is 50.4 Å². The van der Waals surface area contributed by atoms with Crippen molar-refractivity contribution < 1.29 is 28.9 Å². The Labute approximate surface area is 277 Å². The van der Waals surface area contributed by atoms with Crippen molar-refractivity contribution in [3.05, 3.63) is 24.3 Å². The van der Waals surface area contributed by atoms with Crippen LogP contribution in [0.15, 0.2) is 24.3 Å². The normalized spacial score (nSPS) is 20.5. The molecule has 6 nitrogen and oxygen atoms in total. The molecule has 0 bridgehead atoms. The van der Waals surface area contributed by atoms with E-state index in [1.165, 1.54) is 12.8 Å². The fourth-order valence-corrected chi connectivity index (χ4v) is 5.49. The van der Waals surface area contributed by atoms with Gasteiger partial charge in [-0.1, -0.05) is 107 Å². The number of hydrogen-bond acceptors (Lipinski definition) is 6. The molecule has 0 aromatic rings. The zero-order valence-electron chi connectivity index (χ0n) is 24.7. The van der Waals surface area contributed by atoms with Gasteiger partial charge in [0, 0.05) is 18.3 Å². The van der Waals surface area contributed by atoms with E-state index in [1.54, 1.807) is 7.11 Å². The molecule has 0 saturated heterocycles. The molecular formula is C38H82O6. The van der Waals surface area contributed by atoms with Crippen LogP contribution < -0.4 is 0 Å². The van der Waals surface area contributed by atoms with Crippen LogP contribution in [-0.4, -0.2) is 50.6 Å². The molecule has 1 N–H and O–H groups in total. The lowest BCUT2D eigenvalue weighted by Crippen LogP contribution is -2.28. The van der Waals surface area contributed by atoms with Gasteiger partial charge in [-0.05, 0) is 85.9 Å². The molecule has 0 aromatic heterocycles. The summed E-state index contributed by atoms with van der Waals surface area (Å²) in [5.41, 5.74) is 1.94. The number of ether oxygens (including phenoxy) is 3. The van der Waals surface area contributed by atoms with Gasteiger partial charge in [0.05, 0.1) is 13.2 Å². The van der Waals surface area contributed by atoms with Crippen LogP contribution in [0.25, 0.3) is 0 Å². The van der Waals surface area contributed by atoms with Gasteiger partial charge in [0.2, 0.25) is 0 Å². The summed E-state index contributed by atoms with van der Waals surface area (Å²) in [6.45, 7) is 22.2. The van der Waals surface area contributed by atoms with Gasteiger partial charge in [-0.3, -0.25) is 0 Å². The average molecular weight is 635 g/mol. The highest BCUT2D eigenvalue weighted by Crippen LogP contribution is 2.42. The summed E-state index contributed by atoms with van der Waals surface area (Å²) in [5.74, 6) is 1.44. The molecule has 2 rings (SSSR count). The smallest absolute Gasteiger partial charge is 0.333 e. The van der Waals surface area contributed by atoms with E-state index in [9.17, 15) is 9.59 Å². The minimum atomic E-state index is -0.344. The van der Waals surface area contributed by atoms with Gasteiger partial charge in [0.1, 0.15) is 13.2 Å². The Kier molecular flexibility index (Phi) is 36.4. The van der Waals surface area contributed by atoms with E-state index in [2.05, 4.69) is 54.7 Å². The van der Waals surface area contributed by atoms with Crippen molar-refractivity contribution in [1.29, 1.82) is 0 Å². The lowest BCUT2D eigenvalue weighted by Gasteiger charge is -2.37. The van der Waals surface area contributed by atoms with E-state index in [0.29, 0.717) is 41.1 Å². The highest BCUT2D eigenvalue weighted by molar-refractivity contribution is 5.88. The minimum absolute atomic E-state index is 0. The molecule has 2 fully saturated rings. The second-order valence-corrected chi connectivity index (χ2v) is 12.9. The van der Waals surface area contributed by atoms with Crippen LogP contribution in [0.1, 0.15) is 145 Å². The molecule has 2 aliphatic carbocycles. The van der Waals surface area contributed by atoms with Crippen LogP contribution in [0, 0.1) is 34.5 Å². The van der Waals surface area contributed by atoms with Crippen molar-refractivity contribution in [3.8, 4) is 0 Å². The maximum atomic E-state index is 11.8. The third-order valence-electron chi connectivity index (χ3n) is 8.26. The Morgan fingerprint density at radius 3 is 1.14 bits per heavy atom. The number of carbonyl (C=O) groups is 2. The molecule has 2 saturated carbocycles. The highest BCUT2D eigenvalue weighted by Gasteiger charge is 2.33. The second-order valence-electron chi connectivity index (χ2n) is 12.9. The first-order valence-electron chi connectivity index (χ1n) is 14.0. The van der Waals surface area contributed by atoms with Crippen LogP contribution >= 0.6 is 0 Å². The number of esters is 2. The minimum Gasteiger partial charge on any atom is -0.460 e. The number of carbonyl (C=O) groups excluding carboxylic acids is 2. The summed E-state index contributed by atoms with van der Waals surface area (Å²) < 4.78 is 14.9. The molecule has 0 amide bonds. The fourth-order valence-electron chi connectivity index (χ4n) is 5.49. The topological polar surface area (TPSA) is 82.1 Å². The molecule has 0 spiro atoms. The van der Waals surface area contributed by atoms with Crippen molar-refractivity contribution in [2.24, 2.45) is 34.5 Å². The van der Waals surface area contributed by atoms with Gasteiger partial charge >= 0.3 is 11.9 Å². The first kappa shape index (κ1) is 57.9. The molecule has 0 radical (unpaired) electrons. The number of methoxy groups -OCH3 is 1. The van der Waals surface area contributed by atoms with Crippen LogP contribution in [0.2, 0.25) is 0 Å². The predicted octanol–water partition coefficient (Wildman–Crippen LogP) is 11.0. The monoisotopic (exact) mass is 635 g/mol. The third kappa shape index (κ3) is 20.4. The van der Waals surface area contributed by atoms with E-state index in [1.807, 2.05) is 0 Å². The Balaban J connectivity index is -0.000000107. The Hall–Kier alpha value is -1.66. The van der Waals surface area contributed by atoms with Gasteiger partial charge < -0.3 is 19.3 Å². The molecule has 0 aliphatic heterocycles. The Morgan fingerprint density at radius 2 is 0.886 bits per heavy atom. The first-order chi connectivity index (χ1) is 17.2. The third-order valence-corrected chi connectivity index (χ3v) is 8.26. The van der Waals surface area contributed by atoms with E-state index < -0.39 is 0 Å². The molecule has 270 valence electrons. The largest absolute Gasteiger partial charge is 0.460 e. The highest BCUT2D eigenvalue weighted by atomic mass is 16.6. The molecule has 2 aliphatic rings. The van der Waals surface area contributed by atoms with Gasteiger partial charge in [0.25, 0.3) is 0 Å². The van der Waals surface area contributed by atoms with Crippen molar-refractivity contribution in [2.75, 3.05) is 33.5 Å². The maximum absolute atomic E-state index is 11.8. The fraction of sp³-hybridized carbons (Fsp3) is 0.842. The summed E-state index contributed by atoms with van der Waals surface area (Å²) in [6.07, 6.45) is 8.82. The van der Waals surface area contributed by atoms with Gasteiger partial charge in [0.15, 0.2) is 0 Å². The lowest BCUT2D eigenvalue weighted by atomic mass is 9.68. The number of hydrogen-bond donors (Lipinski definition) is 1. The van der Waals surface area contributed by atoms with E-state index >= 15 is 0 Å². The summed E-state index contributed by atoms with van der Waals surface area (Å²) >= 11 is 0. The van der Waals surface area contributed by atoms with Crippen molar-refractivity contribution in [3.63, 3.8) is 0 Å². The summed E-state index contributed by atoms with van der Waals surface area (Å²) in [6, 6.07) is 0. The number of rotatable bonds is 9. The molecule has 44 heavy (non-hydrogen) atoms. The van der Waals surface area contributed by atoms with Crippen LogP contribution in [0.3, 0.4) is 0 Å². The van der Waals surface area contributed by atoms with Gasteiger partial charge in [-0.15, -0.1) is 0 Å². The summed E-state index contributed by atoms with van der Waals surface area (Å²) in [7, 11) is 1.59. The quantitative estimate of drug-likeness (QED) is 0.154. The van der Waals surface area contributed by atoms with E-state index in [-0.39, 0.29) is 83.1 Å². The number of aliphatic hydroxyl groups is 1. The first-order valence-corrected chi connectivity index (χ1v) is 14.0. The van der Waals surface area contributed by atoms with E-state index in [4.69, 9.17) is 19.3 Å². The Morgan fingerprint density at radius 1 is 0.591 bits per heavy atom. The molecule has 0 atom stereocenters. The standard InChI is InChI=1S/C16H28O3.C15H26O3.7CH4/c1-12(15(17)19-11-10-18-5)13-6-8-14(9-7-13)16(2,3)4;1-11(14(17)18-10-9-16)12-5-7-13(8-6-12)15(2,3)4;;;;;;;/h13-14H,1,6-11H2,2-5H3;12-13,16H,1,5-10H2,2-4H3;7*1H4. The zero-order valence-corrected chi connectivity index (χ0v) is 24.7. The van der Waals surface area contributed by atoms with Crippen LogP contribution in [-0.2, 0) is 23.8 Å². The predicted molar refractivity (Wildman–Crippen MR) is 196 cm³/mol. The maximum Gasteiger partial charge on any atom is 0.333 e. The van der Waals surface area contributed by atoms with Crippen molar-refractivity contribution in [2.45, 2.75) is 145 Å². The second kappa shape index (κ2) is 27.6. The van der Waals surface area contributed by atoms with Crippen LogP contribution in [0.5, 0.6) is 0 Å². The Bertz CT molecular complexity index is 727. The van der Waals surface area contributed by atoms with Gasteiger partial charge in [-0.25, -0.2) is 9.59 Å². The van der Waals surface area contributed by atoms with Crippen LogP contribution in [0.4, 0.5) is 0 Å².